The minimum atomic E-state index is 0.0620. The number of thioether (sulfide) groups is 1. The van der Waals surface area contributed by atoms with Crippen molar-refractivity contribution in [3.63, 3.8) is 0 Å². The summed E-state index contributed by atoms with van der Waals surface area (Å²) < 4.78 is 5.85. The zero-order valence-corrected chi connectivity index (χ0v) is 17.7. The number of amides is 1. The molecule has 1 amide bonds. The van der Waals surface area contributed by atoms with Gasteiger partial charge in [-0.2, -0.15) is 0 Å². The summed E-state index contributed by atoms with van der Waals surface area (Å²) in [4.78, 5) is 13.3. The van der Waals surface area contributed by atoms with Crippen LogP contribution in [0.15, 0.2) is 0 Å². The molecule has 0 spiro atoms. The molecule has 2 heterocycles. The van der Waals surface area contributed by atoms with E-state index < -0.39 is 0 Å². The van der Waals surface area contributed by atoms with Crippen molar-refractivity contribution >= 4 is 17.7 Å². The van der Waals surface area contributed by atoms with Gasteiger partial charge in [-0.3, -0.25) is 10.1 Å². The van der Waals surface area contributed by atoms with Gasteiger partial charge in [0.05, 0.1) is 12.0 Å². The number of hydrogen-bond donors (Lipinski definition) is 3. The van der Waals surface area contributed by atoms with Crippen molar-refractivity contribution in [2.24, 2.45) is 17.8 Å². The number of carbonyl (C=O) groups is 1. The van der Waals surface area contributed by atoms with Crippen molar-refractivity contribution in [1.29, 1.82) is 0 Å². The van der Waals surface area contributed by atoms with E-state index in [2.05, 4.69) is 22.9 Å². The van der Waals surface area contributed by atoms with Crippen molar-refractivity contribution in [3.05, 3.63) is 0 Å². The molecular weight excluding hydrogens is 358 g/mol. The molecule has 0 aromatic carbocycles. The molecule has 4 fully saturated rings. The van der Waals surface area contributed by atoms with E-state index in [-0.39, 0.29) is 17.3 Å². The van der Waals surface area contributed by atoms with Crippen LogP contribution < -0.4 is 16.0 Å². The third-order valence-electron chi connectivity index (χ3n) is 7.42. The molecule has 4 rings (SSSR count). The highest BCUT2D eigenvalue weighted by Gasteiger charge is 2.43. The van der Waals surface area contributed by atoms with Crippen LogP contribution in [0, 0.1) is 17.8 Å². The van der Waals surface area contributed by atoms with Gasteiger partial charge in [-0.25, -0.2) is 0 Å². The van der Waals surface area contributed by atoms with Crippen molar-refractivity contribution in [1.82, 2.24) is 16.0 Å². The van der Waals surface area contributed by atoms with Gasteiger partial charge in [0.15, 0.2) is 0 Å². The predicted octanol–water partition coefficient (Wildman–Crippen LogP) is 2.85. The molecule has 6 heteroatoms. The van der Waals surface area contributed by atoms with E-state index in [1.165, 1.54) is 44.9 Å². The Morgan fingerprint density at radius 2 is 1.85 bits per heavy atom. The molecule has 5 nitrogen and oxygen atoms in total. The first-order valence-corrected chi connectivity index (χ1v) is 12.1. The quantitative estimate of drug-likeness (QED) is 0.683. The van der Waals surface area contributed by atoms with E-state index in [1.807, 2.05) is 18.9 Å². The number of carbonyl (C=O) groups excluding carboxylic acids is 1. The maximum absolute atomic E-state index is 13.3. The monoisotopic (exact) mass is 395 g/mol. The first-order valence-electron chi connectivity index (χ1n) is 11.1. The molecule has 27 heavy (non-hydrogen) atoms. The van der Waals surface area contributed by atoms with E-state index in [0.29, 0.717) is 35.3 Å². The minimum Gasteiger partial charge on any atom is -0.381 e. The maximum atomic E-state index is 13.3. The Morgan fingerprint density at radius 1 is 1.07 bits per heavy atom. The van der Waals surface area contributed by atoms with Gasteiger partial charge in [-0.15, -0.1) is 11.8 Å². The Hall–Kier alpha value is -0.300. The van der Waals surface area contributed by atoms with Gasteiger partial charge in [0.25, 0.3) is 0 Å². The molecule has 0 aromatic rings. The molecule has 4 aliphatic rings. The molecule has 3 N–H and O–H groups in total. The number of methoxy groups -OCH3 is 1. The summed E-state index contributed by atoms with van der Waals surface area (Å²) in [5, 5.41) is 11.3. The smallest absolute Gasteiger partial charge is 0.226 e. The molecule has 154 valence electrons. The Bertz CT molecular complexity index is 506. The average molecular weight is 396 g/mol. The standard InChI is InChI=1S/C21H37N3O2S/c1-13-11-15(14-7-3-5-9-18(14)26-2)16(12-22-13)20(25)24-21-23-17-8-4-6-10-19(17)27-21/h13-19,21-23H,3-12H2,1-2H3,(H,24,25). The Balaban J connectivity index is 1.41. The van der Waals surface area contributed by atoms with Crippen LogP contribution in [0.5, 0.6) is 0 Å². The fraction of sp³-hybridized carbons (Fsp3) is 0.952. The summed E-state index contributed by atoms with van der Waals surface area (Å²) in [5.74, 6) is 1.26. The normalized spacial score (nSPS) is 45.3. The lowest BCUT2D eigenvalue weighted by Gasteiger charge is -2.44. The van der Waals surface area contributed by atoms with E-state index in [4.69, 9.17) is 4.74 Å². The Kier molecular flexibility index (Phi) is 6.68. The number of nitrogens with one attached hydrogen (secondary N) is 3. The van der Waals surface area contributed by atoms with Crippen LogP contribution in [0.4, 0.5) is 0 Å². The summed E-state index contributed by atoms with van der Waals surface area (Å²) in [6, 6.07) is 1.07. The molecule has 0 bridgehead atoms. The van der Waals surface area contributed by atoms with Crippen molar-refractivity contribution < 1.29 is 9.53 Å². The van der Waals surface area contributed by atoms with E-state index in [1.54, 1.807) is 0 Å². The third-order valence-corrected chi connectivity index (χ3v) is 8.86. The molecule has 2 saturated heterocycles. The molecule has 2 saturated carbocycles. The topological polar surface area (TPSA) is 62.4 Å². The molecular formula is C21H37N3O2S. The van der Waals surface area contributed by atoms with Crippen LogP contribution >= 0.6 is 11.8 Å². The van der Waals surface area contributed by atoms with Crippen LogP contribution in [0.1, 0.15) is 64.7 Å². The number of fused-ring (bicyclic) bond motifs is 1. The van der Waals surface area contributed by atoms with Crippen LogP contribution in [0.3, 0.4) is 0 Å². The fourth-order valence-corrected chi connectivity index (χ4v) is 7.47. The summed E-state index contributed by atoms with van der Waals surface area (Å²) in [5.41, 5.74) is 0.0928. The largest absolute Gasteiger partial charge is 0.381 e. The van der Waals surface area contributed by atoms with Gasteiger partial charge in [-0.05, 0) is 50.9 Å². The van der Waals surface area contributed by atoms with Crippen molar-refractivity contribution in [2.75, 3.05) is 13.7 Å². The van der Waals surface area contributed by atoms with Crippen molar-refractivity contribution in [3.8, 4) is 0 Å². The molecule has 0 radical (unpaired) electrons. The van der Waals surface area contributed by atoms with Gasteiger partial charge in [-0.1, -0.05) is 25.7 Å². The first-order chi connectivity index (χ1) is 13.2. The zero-order valence-electron chi connectivity index (χ0n) is 16.9. The fourth-order valence-electron chi connectivity index (χ4n) is 5.97. The summed E-state index contributed by atoms with van der Waals surface area (Å²) in [6.45, 7) is 3.06. The molecule has 8 unspecified atom stereocenters. The van der Waals surface area contributed by atoms with Gasteiger partial charge < -0.3 is 15.4 Å². The minimum absolute atomic E-state index is 0.0620. The van der Waals surface area contributed by atoms with Crippen molar-refractivity contribution in [2.45, 2.75) is 93.6 Å². The van der Waals surface area contributed by atoms with Crippen LogP contribution in [-0.4, -0.2) is 48.5 Å². The highest BCUT2D eigenvalue weighted by Crippen LogP contribution is 2.40. The lowest BCUT2D eigenvalue weighted by atomic mass is 9.68. The van der Waals surface area contributed by atoms with E-state index in [0.717, 1.165) is 19.4 Å². The van der Waals surface area contributed by atoms with Gasteiger partial charge in [0.2, 0.25) is 5.91 Å². The molecule has 2 aliphatic carbocycles. The van der Waals surface area contributed by atoms with E-state index in [9.17, 15) is 4.79 Å². The summed E-state index contributed by atoms with van der Waals surface area (Å²) >= 11 is 1.94. The highest BCUT2D eigenvalue weighted by atomic mass is 32.2. The lowest BCUT2D eigenvalue weighted by molar-refractivity contribution is -0.130. The van der Waals surface area contributed by atoms with E-state index >= 15 is 0 Å². The zero-order chi connectivity index (χ0) is 18.8. The second-order valence-electron chi connectivity index (χ2n) is 9.16. The number of hydrogen-bond acceptors (Lipinski definition) is 5. The van der Waals surface area contributed by atoms with Crippen LogP contribution in [0.2, 0.25) is 0 Å². The Labute approximate surface area is 168 Å². The molecule has 2 aliphatic heterocycles. The van der Waals surface area contributed by atoms with Gasteiger partial charge >= 0.3 is 0 Å². The highest BCUT2D eigenvalue weighted by molar-refractivity contribution is 8.00. The third kappa shape index (κ3) is 4.49. The average Bonchev–Trinajstić information content (AvgIpc) is 3.10. The number of ether oxygens (including phenoxy) is 1. The van der Waals surface area contributed by atoms with Crippen LogP contribution in [0.25, 0.3) is 0 Å². The Morgan fingerprint density at radius 3 is 2.67 bits per heavy atom. The summed E-state index contributed by atoms with van der Waals surface area (Å²) in [7, 11) is 1.85. The SMILES string of the molecule is COC1CCCCC1C1CC(C)NCC1C(=O)NC1NC2CCCCC2S1. The second-order valence-corrected chi connectivity index (χ2v) is 10.5. The summed E-state index contributed by atoms with van der Waals surface area (Å²) in [6.07, 6.45) is 11.5. The van der Waals surface area contributed by atoms with Crippen LogP contribution in [-0.2, 0) is 9.53 Å². The lowest BCUT2D eigenvalue weighted by Crippen LogP contribution is -2.55. The second kappa shape index (κ2) is 9.02. The van der Waals surface area contributed by atoms with Gasteiger partial charge in [0.1, 0.15) is 5.50 Å². The number of piperidine rings is 1. The molecule has 0 aromatic heterocycles. The van der Waals surface area contributed by atoms with Gasteiger partial charge in [0, 0.05) is 31.0 Å². The predicted molar refractivity (Wildman–Crippen MR) is 111 cm³/mol. The number of rotatable bonds is 4. The first kappa shape index (κ1) is 20.0. The maximum Gasteiger partial charge on any atom is 0.226 e. The molecule has 8 atom stereocenters.